The predicted molar refractivity (Wildman–Crippen MR) is 148 cm³/mol. The third-order valence-corrected chi connectivity index (χ3v) is 13.4. The fourth-order valence-corrected chi connectivity index (χ4v) is 11.7. The Hall–Kier alpha value is 0.750. The summed E-state index contributed by atoms with van der Waals surface area (Å²) in [5, 5.41) is 22.0. The first-order valence-corrected chi connectivity index (χ1v) is 16.3. The number of alkyl halides is 2. The average Bonchev–Trinajstić information content (AvgIpc) is 2.81. The van der Waals surface area contributed by atoms with Gasteiger partial charge in [-0.1, -0.05) is 102 Å². The first-order chi connectivity index (χ1) is 15.5. The number of allylic oxidation sites excluding steroid dienone is 2. The van der Waals surface area contributed by atoms with E-state index in [4.69, 9.17) is 0 Å². The Morgan fingerprint density at radius 2 is 1.03 bits per heavy atom. The summed E-state index contributed by atoms with van der Waals surface area (Å²) in [6.45, 7) is 0. The molecule has 9 heteroatoms. The van der Waals surface area contributed by atoms with Crippen molar-refractivity contribution in [3.8, 4) is 0 Å². The van der Waals surface area contributed by atoms with Gasteiger partial charge in [-0.2, -0.15) is 0 Å². The maximum absolute atomic E-state index is 13.9. The van der Waals surface area contributed by atoms with Crippen molar-refractivity contribution in [3.63, 3.8) is 0 Å². The van der Waals surface area contributed by atoms with Crippen LogP contribution < -0.4 is 0 Å². The van der Waals surface area contributed by atoms with Crippen LogP contribution in [0.5, 0.6) is 0 Å². The lowest BCUT2D eigenvalue weighted by molar-refractivity contribution is 0.143. The van der Waals surface area contributed by atoms with Gasteiger partial charge in [-0.25, -0.2) is 8.42 Å². The number of sulfone groups is 1. The van der Waals surface area contributed by atoms with E-state index in [0.29, 0.717) is 8.96 Å². The molecule has 184 valence electrons. The Morgan fingerprint density at radius 1 is 0.697 bits per heavy atom. The molecule has 0 aliphatic heterocycles. The van der Waals surface area contributed by atoms with Gasteiger partial charge in [0.2, 0.25) is 9.84 Å². The third-order valence-electron chi connectivity index (χ3n) is 7.73. The molecule has 33 heavy (non-hydrogen) atoms. The minimum Gasteiger partial charge on any atom is -0.386 e. The van der Waals surface area contributed by atoms with Gasteiger partial charge in [-0.05, 0) is 61.8 Å². The summed E-state index contributed by atoms with van der Waals surface area (Å²) >= 11 is 14.4. The van der Waals surface area contributed by atoms with Crippen molar-refractivity contribution in [2.45, 2.75) is 85.1 Å². The second-order valence-electron chi connectivity index (χ2n) is 9.78. The number of hydrogen-bond acceptors (Lipinski definition) is 4. The quantitative estimate of drug-likeness (QED) is 0.309. The summed E-state index contributed by atoms with van der Waals surface area (Å²) in [5.41, 5.74) is 0. The third kappa shape index (κ3) is 4.99. The highest BCUT2D eigenvalue weighted by Crippen LogP contribution is 2.51. The number of halogens is 4. The van der Waals surface area contributed by atoms with E-state index >= 15 is 0 Å². The first-order valence-electron chi connectivity index (χ1n) is 11.7. The van der Waals surface area contributed by atoms with E-state index < -0.39 is 30.7 Å². The summed E-state index contributed by atoms with van der Waals surface area (Å²) in [4.78, 5) is 0.333. The number of rotatable bonds is 4. The molecule has 4 rings (SSSR count). The second kappa shape index (κ2) is 10.3. The Bertz CT molecular complexity index is 931. The van der Waals surface area contributed by atoms with E-state index in [9.17, 15) is 18.6 Å². The summed E-state index contributed by atoms with van der Waals surface area (Å²) in [6, 6.07) is 0. The molecule has 0 radical (unpaired) electrons. The minimum atomic E-state index is -3.89. The highest BCUT2D eigenvalue weighted by molar-refractivity contribution is 9.12. The molecule has 4 aliphatic rings. The number of aliphatic hydroxyl groups excluding tert-OH is 2. The van der Waals surface area contributed by atoms with Crippen molar-refractivity contribution in [1.29, 1.82) is 0 Å². The number of hydrogen-bond donors (Lipinski definition) is 2. The molecule has 0 amide bonds. The van der Waals surface area contributed by atoms with E-state index in [2.05, 4.69) is 63.7 Å². The van der Waals surface area contributed by atoms with E-state index in [1.165, 1.54) is 25.0 Å². The lowest BCUT2D eigenvalue weighted by atomic mass is 9.76. The molecular weight excluding hydrogens is 704 g/mol. The topological polar surface area (TPSA) is 74.6 Å². The summed E-state index contributed by atoms with van der Waals surface area (Å²) in [5.74, 6) is 0.296. The van der Waals surface area contributed by atoms with Gasteiger partial charge in [0, 0.05) is 8.96 Å². The normalized spacial score (nSPS) is 37.2. The molecular formula is C24H30Br4O4S. The Morgan fingerprint density at radius 3 is 1.36 bits per heavy atom. The van der Waals surface area contributed by atoms with E-state index in [1.807, 2.05) is 0 Å². The van der Waals surface area contributed by atoms with Crippen LogP contribution in [0.15, 0.2) is 43.1 Å². The highest BCUT2D eigenvalue weighted by atomic mass is 79.9. The van der Waals surface area contributed by atoms with Gasteiger partial charge < -0.3 is 10.2 Å². The van der Waals surface area contributed by atoms with Gasteiger partial charge >= 0.3 is 0 Å². The summed E-state index contributed by atoms with van der Waals surface area (Å²) in [7, 11) is -3.89. The van der Waals surface area contributed by atoms with Crippen molar-refractivity contribution in [1.82, 2.24) is 0 Å². The van der Waals surface area contributed by atoms with Gasteiger partial charge in [0.1, 0.15) is 12.2 Å². The van der Waals surface area contributed by atoms with Crippen LogP contribution in [0.4, 0.5) is 0 Å². The SMILES string of the molecule is O=S(=O)(C1=CC(Br)(C2CCCCC2)C(O)C(Br)=C1)C1=CC(Br)(C2CCCCC2)C(O)C(Br)=C1. The van der Waals surface area contributed by atoms with Crippen LogP contribution in [0.25, 0.3) is 0 Å². The van der Waals surface area contributed by atoms with Crippen LogP contribution >= 0.6 is 63.7 Å². The summed E-state index contributed by atoms with van der Waals surface area (Å²) < 4.78 is 27.1. The first kappa shape index (κ1) is 26.8. The standard InChI is InChI=1S/C24H30Br4O4S/c25-19-11-17(13-23(27,21(19)29)15-7-3-1-4-8-15)33(31,32)18-12-20(26)22(30)24(28,14-18)16-9-5-2-6-10-16/h11-16,21-22,29-30H,1-10H2. The van der Waals surface area contributed by atoms with Crippen molar-refractivity contribution >= 4 is 73.6 Å². The molecule has 0 aromatic carbocycles. The molecule has 4 nitrogen and oxygen atoms in total. The molecule has 2 saturated carbocycles. The van der Waals surface area contributed by atoms with E-state index in [1.54, 1.807) is 12.2 Å². The van der Waals surface area contributed by atoms with E-state index in [0.717, 1.165) is 51.4 Å². The predicted octanol–water partition coefficient (Wildman–Crippen LogP) is 6.90. The fraction of sp³-hybridized carbons (Fsp3) is 0.667. The van der Waals surface area contributed by atoms with Gasteiger partial charge in [0.25, 0.3) is 0 Å². The van der Waals surface area contributed by atoms with Crippen LogP contribution in [0.2, 0.25) is 0 Å². The molecule has 4 aliphatic carbocycles. The largest absolute Gasteiger partial charge is 0.386 e. The van der Waals surface area contributed by atoms with Crippen LogP contribution in [0.1, 0.15) is 64.2 Å². The fourth-order valence-electron chi connectivity index (χ4n) is 5.75. The maximum Gasteiger partial charge on any atom is 0.206 e. The average molecular weight is 734 g/mol. The molecule has 0 spiro atoms. The Kier molecular flexibility index (Phi) is 8.33. The van der Waals surface area contributed by atoms with Crippen molar-refractivity contribution in [3.05, 3.63) is 43.1 Å². The molecule has 0 heterocycles. The lowest BCUT2D eigenvalue weighted by Crippen LogP contribution is -2.46. The molecule has 0 saturated heterocycles. The molecule has 4 atom stereocenters. The Labute approximate surface area is 230 Å². The van der Waals surface area contributed by atoms with Crippen LogP contribution in [0.3, 0.4) is 0 Å². The van der Waals surface area contributed by atoms with Gasteiger partial charge in [-0.3, -0.25) is 0 Å². The number of aliphatic hydroxyl groups is 2. The van der Waals surface area contributed by atoms with Crippen LogP contribution in [-0.2, 0) is 9.84 Å². The molecule has 2 fully saturated rings. The Balaban J connectivity index is 1.76. The molecule has 2 N–H and O–H groups in total. The van der Waals surface area contributed by atoms with Crippen LogP contribution in [0, 0.1) is 11.8 Å². The lowest BCUT2D eigenvalue weighted by Gasteiger charge is -2.42. The second-order valence-corrected chi connectivity index (χ2v) is 16.3. The molecule has 0 bridgehead atoms. The zero-order chi connectivity index (χ0) is 24.0. The smallest absolute Gasteiger partial charge is 0.206 e. The molecule has 0 aromatic rings. The zero-order valence-corrected chi connectivity index (χ0v) is 25.5. The zero-order valence-electron chi connectivity index (χ0n) is 18.3. The van der Waals surface area contributed by atoms with Crippen molar-refractivity contribution in [2.24, 2.45) is 11.8 Å². The van der Waals surface area contributed by atoms with Gasteiger partial charge in [0.05, 0.1) is 18.5 Å². The minimum absolute atomic E-state index is 0.148. The molecule has 0 aromatic heterocycles. The van der Waals surface area contributed by atoms with E-state index in [-0.39, 0.29) is 21.6 Å². The highest BCUT2D eigenvalue weighted by Gasteiger charge is 2.49. The van der Waals surface area contributed by atoms with Gasteiger partial charge in [0.15, 0.2) is 0 Å². The van der Waals surface area contributed by atoms with Crippen molar-refractivity contribution in [2.75, 3.05) is 0 Å². The monoisotopic (exact) mass is 730 g/mol. The maximum atomic E-state index is 13.9. The van der Waals surface area contributed by atoms with Crippen molar-refractivity contribution < 1.29 is 18.6 Å². The van der Waals surface area contributed by atoms with Crippen LogP contribution in [-0.4, -0.2) is 39.5 Å². The van der Waals surface area contributed by atoms with Gasteiger partial charge in [-0.15, -0.1) is 0 Å². The molecule has 4 unspecified atom stereocenters. The summed E-state index contributed by atoms with van der Waals surface area (Å²) in [6.07, 6.45) is 15.2.